The first-order valence-electron chi connectivity index (χ1n) is 6.47. The van der Waals surface area contributed by atoms with Crippen molar-refractivity contribution in [1.82, 2.24) is 4.90 Å². The Bertz CT molecular complexity index is 477. The molecule has 1 aliphatic rings. The molecule has 0 bridgehead atoms. The predicted octanol–water partition coefficient (Wildman–Crippen LogP) is 2.21. The molecule has 1 fully saturated rings. The van der Waals surface area contributed by atoms with Crippen LogP contribution in [0.15, 0.2) is 30.3 Å². The Morgan fingerprint density at radius 3 is 2.58 bits per heavy atom. The smallest absolute Gasteiger partial charge is 0.247 e. The lowest BCUT2D eigenvalue weighted by Gasteiger charge is -2.19. The van der Waals surface area contributed by atoms with E-state index in [9.17, 15) is 9.18 Å². The van der Waals surface area contributed by atoms with Gasteiger partial charge in [0, 0.05) is 18.7 Å². The summed E-state index contributed by atoms with van der Waals surface area (Å²) in [5.74, 6) is -0.374. The zero-order chi connectivity index (χ0) is 13.8. The molecule has 0 heterocycles. The lowest BCUT2D eigenvalue weighted by Crippen LogP contribution is -2.34. The van der Waals surface area contributed by atoms with Crippen LogP contribution in [0.2, 0.25) is 0 Å². The van der Waals surface area contributed by atoms with Crippen LogP contribution in [-0.2, 0) is 4.79 Å². The molecule has 0 spiro atoms. The van der Waals surface area contributed by atoms with E-state index < -0.39 is 0 Å². The Hall–Kier alpha value is -1.68. The van der Waals surface area contributed by atoms with Crippen molar-refractivity contribution in [1.29, 1.82) is 0 Å². The maximum Gasteiger partial charge on any atom is 0.247 e. The quantitative estimate of drug-likeness (QED) is 0.827. The van der Waals surface area contributed by atoms with E-state index in [1.54, 1.807) is 23.1 Å². The van der Waals surface area contributed by atoms with Gasteiger partial charge in [0.05, 0.1) is 6.61 Å². The van der Waals surface area contributed by atoms with Gasteiger partial charge < -0.3 is 10.0 Å². The van der Waals surface area contributed by atoms with E-state index in [2.05, 4.69) is 0 Å². The van der Waals surface area contributed by atoms with E-state index in [1.165, 1.54) is 12.1 Å². The van der Waals surface area contributed by atoms with Gasteiger partial charge in [-0.3, -0.25) is 4.79 Å². The largest absolute Gasteiger partial charge is 0.395 e. The molecular weight excluding hydrogens is 245 g/mol. The number of aliphatic hydroxyl groups is 1. The number of hydrogen-bond acceptors (Lipinski definition) is 2. The highest BCUT2D eigenvalue weighted by atomic mass is 19.1. The summed E-state index contributed by atoms with van der Waals surface area (Å²) in [4.78, 5) is 13.8. The summed E-state index contributed by atoms with van der Waals surface area (Å²) < 4.78 is 12.8. The third kappa shape index (κ3) is 3.64. The van der Waals surface area contributed by atoms with Gasteiger partial charge in [-0.1, -0.05) is 12.1 Å². The third-order valence-electron chi connectivity index (χ3n) is 3.25. The number of carbonyl (C=O) groups excluding carboxylic acids is 1. The number of carbonyl (C=O) groups is 1. The summed E-state index contributed by atoms with van der Waals surface area (Å²) in [6.07, 6.45) is 3.57. The summed E-state index contributed by atoms with van der Waals surface area (Å²) >= 11 is 0. The van der Waals surface area contributed by atoms with Gasteiger partial charge in [0.15, 0.2) is 0 Å². The molecule has 19 heavy (non-hydrogen) atoms. The Kier molecular flexibility index (Phi) is 4.32. The van der Waals surface area contributed by atoms with Gasteiger partial charge in [0.2, 0.25) is 5.91 Å². The average molecular weight is 263 g/mol. The lowest BCUT2D eigenvalue weighted by molar-refractivity contribution is -0.127. The Labute approximate surface area is 112 Å². The lowest BCUT2D eigenvalue weighted by atomic mass is 10.1. The minimum Gasteiger partial charge on any atom is -0.395 e. The molecule has 0 radical (unpaired) electrons. The molecule has 0 saturated heterocycles. The van der Waals surface area contributed by atoms with E-state index in [0.717, 1.165) is 24.0 Å². The molecule has 102 valence electrons. The van der Waals surface area contributed by atoms with Crippen molar-refractivity contribution in [3.05, 3.63) is 41.7 Å². The molecule has 1 N–H and O–H groups in total. The summed E-state index contributed by atoms with van der Waals surface area (Å²) in [6, 6.07) is 6.34. The van der Waals surface area contributed by atoms with Crippen LogP contribution in [0.5, 0.6) is 0 Å². The topological polar surface area (TPSA) is 40.5 Å². The van der Waals surface area contributed by atoms with Crippen molar-refractivity contribution >= 4 is 11.5 Å². The Morgan fingerprint density at radius 1 is 1.42 bits per heavy atom. The molecule has 4 heteroatoms. The zero-order valence-corrected chi connectivity index (χ0v) is 11.0. The molecule has 0 unspecified atom stereocenters. The minimum atomic E-state index is -0.289. The Morgan fingerprint density at radius 2 is 2.05 bits per heavy atom. The molecule has 1 aliphatic carbocycles. The fourth-order valence-corrected chi connectivity index (χ4v) is 2.03. The second-order valence-corrected chi connectivity index (χ2v) is 4.82. The number of aliphatic hydroxyl groups excluding tert-OH is 1. The van der Waals surface area contributed by atoms with E-state index >= 15 is 0 Å². The molecule has 3 nitrogen and oxygen atoms in total. The van der Waals surface area contributed by atoms with Crippen molar-refractivity contribution in [3.63, 3.8) is 0 Å². The average Bonchev–Trinajstić information content (AvgIpc) is 3.20. The molecule has 1 amide bonds. The fourth-order valence-electron chi connectivity index (χ4n) is 2.03. The molecule has 0 atom stereocenters. The molecular formula is C15H18FNO2. The van der Waals surface area contributed by atoms with Crippen molar-refractivity contribution in [2.75, 3.05) is 13.2 Å². The summed E-state index contributed by atoms with van der Waals surface area (Å²) in [5.41, 5.74) is 1.63. The van der Waals surface area contributed by atoms with E-state index in [-0.39, 0.29) is 24.4 Å². The van der Waals surface area contributed by atoms with Gasteiger partial charge in [-0.05, 0) is 43.0 Å². The summed E-state index contributed by atoms with van der Waals surface area (Å²) in [5, 5.41) is 8.99. The monoisotopic (exact) mass is 263 g/mol. The van der Waals surface area contributed by atoms with Gasteiger partial charge in [-0.15, -0.1) is 0 Å². The zero-order valence-electron chi connectivity index (χ0n) is 11.0. The van der Waals surface area contributed by atoms with E-state index in [0.29, 0.717) is 6.54 Å². The molecule has 1 saturated carbocycles. The molecule has 0 aliphatic heterocycles. The first-order chi connectivity index (χ1) is 9.11. The predicted molar refractivity (Wildman–Crippen MR) is 71.9 cm³/mol. The minimum absolute atomic E-state index is 0.0221. The normalized spacial score (nSPS) is 15.4. The summed E-state index contributed by atoms with van der Waals surface area (Å²) in [7, 11) is 0. The number of hydrogen-bond donors (Lipinski definition) is 1. The first-order valence-corrected chi connectivity index (χ1v) is 6.47. The third-order valence-corrected chi connectivity index (χ3v) is 3.25. The van der Waals surface area contributed by atoms with Gasteiger partial charge >= 0.3 is 0 Å². The molecule has 1 aromatic rings. The van der Waals surface area contributed by atoms with Crippen molar-refractivity contribution in [3.8, 4) is 0 Å². The highest BCUT2D eigenvalue weighted by Gasteiger charge is 2.31. The van der Waals surface area contributed by atoms with Crippen LogP contribution >= 0.6 is 0 Å². The second-order valence-electron chi connectivity index (χ2n) is 4.82. The maximum atomic E-state index is 12.8. The molecule has 1 aromatic carbocycles. The first kappa shape index (κ1) is 13.7. The van der Waals surface area contributed by atoms with Crippen LogP contribution in [0.1, 0.15) is 25.3 Å². The SMILES string of the molecule is C/C(=C/C(=O)N(CCO)C1CC1)c1ccc(F)cc1. The van der Waals surface area contributed by atoms with Crippen LogP contribution < -0.4 is 0 Å². The van der Waals surface area contributed by atoms with Gasteiger partial charge in [-0.25, -0.2) is 4.39 Å². The number of halogens is 1. The Balaban J connectivity index is 2.10. The van der Waals surface area contributed by atoms with E-state index in [1.807, 2.05) is 6.92 Å². The van der Waals surface area contributed by atoms with Crippen LogP contribution in [0, 0.1) is 5.82 Å². The van der Waals surface area contributed by atoms with Crippen molar-refractivity contribution < 1.29 is 14.3 Å². The highest BCUT2D eigenvalue weighted by molar-refractivity contribution is 5.95. The van der Waals surface area contributed by atoms with E-state index in [4.69, 9.17) is 5.11 Å². The molecule has 0 aromatic heterocycles. The fraction of sp³-hybridized carbons (Fsp3) is 0.400. The van der Waals surface area contributed by atoms with Crippen molar-refractivity contribution in [2.24, 2.45) is 0 Å². The second kappa shape index (κ2) is 5.97. The van der Waals surface area contributed by atoms with Crippen LogP contribution in [-0.4, -0.2) is 35.1 Å². The molecule has 2 rings (SSSR count). The number of rotatable bonds is 5. The summed E-state index contributed by atoms with van der Waals surface area (Å²) in [6.45, 7) is 2.18. The number of benzene rings is 1. The number of amides is 1. The number of nitrogens with zero attached hydrogens (tertiary/aromatic N) is 1. The number of allylic oxidation sites excluding steroid dienone is 1. The van der Waals surface area contributed by atoms with Gasteiger partial charge in [0.25, 0.3) is 0 Å². The highest BCUT2D eigenvalue weighted by Crippen LogP contribution is 2.27. The van der Waals surface area contributed by atoms with Crippen LogP contribution in [0.3, 0.4) is 0 Å². The van der Waals surface area contributed by atoms with Crippen LogP contribution in [0.4, 0.5) is 4.39 Å². The standard InChI is InChI=1S/C15H18FNO2/c1-11(12-2-4-13(16)5-3-12)10-15(19)17(8-9-18)14-6-7-14/h2-5,10,14,18H,6-9H2,1H3/b11-10-. The van der Waals surface area contributed by atoms with Gasteiger partial charge in [-0.2, -0.15) is 0 Å². The van der Waals surface area contributed by atoms with Crippen molar-refractivity contribution in [2.45, 2.75) is 25.8 Å². The van der Waals surface area contributed by atoms with Gasteiger partial charge in [0.1, 0.15) is 5.82 Å². The maximum absolute atomic E-state index is 12.8. The van der Waals surface area contributed by atoms with Crippen LogP contribution in [0.25, 0.3) is 5.57 Å².